The molecule has 1 saturated heterocycles. The van der Waals surface area contributed by atoms with Crippen LogP contribution in [0.25, 0.3) is 0 Å². The number of aromatic amines is 1. The summed E-state index contributed by atoms with van der Waals surface area (Å²) in [5.41, 5.74) is -0.560. The second kappa shape index (κ2) is 6.17. The molecule has 0 aromatic carbocycles. The first-order valence-electron chi connectivity index (χ1n) is 6.37. The Morgan fingerprint density at radius 2 is 2.40 bits per heavy atom. The van der Waals surface area contributed by atoms with Gasteiger partial charge in [0.25, 0.3) is 5.56 Å². The Morgan fingerprint density at radius 3 is 3.10 bits per heavy atom. The average Bonchev–Trinajstić information content (AvgIpc) is 2.76. The normalized spacial score (nSPS) is 25.8. The molecular formula is C13H18N2O5. The number of aryl methyl sites for hydroxylation is 1. The number of hydrogen-bond donors (Lipinski definition) is 2. The van der Waals surface area contributed by atoms with E-state index >= 15 is 0 Å². The van der Waals surface area contributed by atoms with Crippen LogP contribution in [0.2, 0.25) is 0 Å². The van der Waals surface area contributed by atoms with Gasteiger partial charge in [0.1, 0.15) is 12.3 Å². The van der Waals surface area contributed by atoms with Gasteiger partial charge in [-0.2, -0.15) is 0 Å². The van der Waals surface area contributed by atoms with Gasteiger partial charge in [-0.3, -0.25) is 14.3 Å². The fourth-order valence-corrected chi connectivity index (χ4v) is 2.10. The summed E-state index contributed by atoms with van der Waals surface area (Å²) in [4.78, 5) is 25.3. The van der Waals surface area contributed by atoms with E-state index in [0.29, 0.717) is 12.2 Å². The molecule has 0 saturated carbocycles. The summed E-state index contributed by atoms with van der Waals surface area (Å²) < 4.78 is 12.1. The number of ether oxygens (including phenoxy) is 2. The molecule has 20 heavy (non-hydrogen) atoms. The molecule has 1 aliphatic rings. The highest BCUT2D eigenvalue weighted by Gasteiger charge is 2.35. The Morgan fingerprint density at radius 1 is 1.65 bits per heavy atom. The number of aliphatic hydroxyl groups excluding tert-OH is 1. The van der Waals surface area contributed by atoms with Crippen LogP contribution in [0, 0.1) is 6.92 Å². The molecule has 110 valence electrons. The summed E-state index contributed by atoms with van der Waals surface area (Å²) in [6.45, 7) is 5.72. The molecule has 0 aliphatic carbocycles. The Bertz CT molecular complexity index is 591. The molecule has 2 heterocycles. The van der Waals surface area contributed by atoms with E-state index in [1.165, 1.54) is 10.8 Å². The largest absolute Gasteiger partial charge is 0.390 e. The maximum Gasteiger partial charge on any atom is 0.330 e. The minimum absolute atomic E-state index is 0.223. The zero-order valence-corrected chi connectivity index (χ0v) is 11.2. The highest BCUT2D eigenvalue weighted by molar-refractivity contribution is 5.02. The van der Waals surface area contributed by atoms with Crippen LogP contribution in [0.5, 0.6) is 0 Å². The summed E-state index contributed by atoms with van der Waals surface area (Å²) >= 11 is 0. The highest BCUT2D eigenvalue weighted by atomic mass is 16.6. The minimum atomic E-state index is -0.719. The molecule has 1 aromatic rings. The van der Waals surface area contributed by atoms with E-state index in [2.05, 4.69) is 11.6 Å². The van der Waals surface area contributed by atoms with E-state index in [4.69, 9.17) is 9.47 Å². The molecule has 2 N–H and O–H groups in total. The van der Waals surface area contributed by atoms with Gasteiger partial charge in [0, 0.05) is 18.2 Å². The van der Waals surface area contributed by atoms with E-state index in [1.807, 2.05) is 0 Å². The molecule has 0 amide bonds. The van der Waals surface area contributed by atoms with E-state index < -0.39 is 29.7 Å². The average molecular weight is 282 g/mol. The highest BCUT2D eigenvalue weighted by Crippen LogP contribution is 2.27. The first-order chi connectivity index (χ1) is 9.52. The number of hydrogen-bond acceptors (Lipinski definition) is 5. The van der Waals surface area contributed by atoms with Crippen molar-refractivity contribution in [2.24, 2.45) is 0 Å². The van der Waals surface area contributed by atoms with Gasteiger partial charge in [-0.05, 0) is 6.92 Å². The molecule has 2 rings (SSSR count). The van der Waals surface area contributed by atoms with Gasteiger partial charge in [0.15, 0.2) is 0 Å². The van der Waals surface area contributed by atoms with E-state index in [0.717, 1.165) is 0 Å². The lowest BCUT2D eigenvalue weighted by molar-refractivity contribution is -0.0595. The second-order valence-corrected chi connectivity index (χ2v) is 4.74. The SMILES string of the molecule is C=CCOC[C@H]1O[C@@H](n2cc(C)c(=O)[nH]c2=O)C[C@@H]1O. The van der Waals surface area contributed by atoms with Gasteiger partial charge in [0.2, 0.25) is 0 Å². The van der Waals surface area contributed by atoms with Gasteiger partial charge >= 0.3 is 5.69 Å². The first kappa shape index (κ1) is 14.7. The number of rotatable bonds is 5. The fraction of sp³-hybridized carbons (Fsp3) is 0.538. The maximum absolute atomic E-state index is 11.8. The molecule has 0 unspecified atom stereocenters. The number of H-pyrrole nitrogens is 1. The van der Waals surface area contributed by atoms with Crippen molar-refractivity contribution < 1.29 is 14.6 Å². The molecule has 1 aromatic heterocycles. The second-order valence-electron chi connectivity index (χ2n) is 4.74. The van der Waals surface area contributed by atoms with Crippen LogP contribution >= 0.6 is 0 Å². The summed E-state index contributed by atoms with van der Waals surface area (Å²) in [5.74, 6) is 0. The van der Waals surface area contributed by atoms with Gasteiger partial charge in [-0.25, -0.2) is 4.79 Å². The van der Waals surface area contributed by atoms with Gasteiger partial charge in [-0.1, -0.05) is 6.08 Å². The number of nitrogens with zero attached hydrogens (tertiary/aromatic N) is 1. The van der Waals surface area contributed by atoms with Crippen LogP contribution in [0.3, 0.4) is 0 Å². The van der Waals surface area contributed by atoms with Crippen molar-refractivity contribution >= 4 is 0 Å². The lowest BCUT2D eigenvalue weighted by Gasteiger charge is -2.16. The quantitative estimate of drug-likeness (QED) is 0.571. The zero-order chi connectivity index (χ0) is 14.7. The fourth-order valence-electron chi connectivity index (χ4n) is 2.10. The summed E-state index contributed by atoms with van der Waals surface area (Å²) in [5, 5.41) is 9.92. The van der Waals surface area contributed by atoms with Crippen LogP contribution in [-0.4, -0.2) is 40.1 Å². The molecule has 7 heteroatoms. The minimum Gasteiger partial charge on any atom is -0.390 e. The van der Waals surface area contributed by atoms with Crippen LogP contribution in [0.4, 0.5) is 0 Å². The number of nitrogens with one attached hydrogen (secondary N) is 1. The zero-order valence-electron chi connectivity index (χ0n) is 11.2. The van der Waals surface area contributed by atoms with Crippen molar-refractivity contribution in [1.82, 2.24) is 9.55 Å². The monoisotopic (exact) mass is 282 g/mol. The van der Waals surface area contributed by atoms with Crippen molar-refractivity contribution in [3.8, 4) is 0 Å². The molecule has 1 aliphatic heterocycles. The molecule has 0 bridgehead atoms. The molecule has 0 radical (unpaired) electrons. The molecular weight excluding hydrogens is 264 g/mol. The van der Waals surface area contributed by atoms with E-state index in [1.54, 1.807) is 13.0 Å². The van der Waals surface area contributed by atoms with E-state index in [-0.39, 0.29) is 13.0 Å². The maximum atomic E-state index is 11.8. The van der Waals surface area contributed by atoms with Gasteiger partial charge < -0.3 is 14.6 Å². The van der Waals surface area contributed by atoms with Crippen molar-refractivity contribution in [1.29, 1.82) is 0 Å². The predicted molar refractivity (Wildman–Crippen MR) is 71.6 cm³/mol. The summed E-state index contributed by atoms with van der Waals surface area (Å²) in [6.07, 6.45) is 1.49. The lowest BCUT2D eigenvalue weighted by Crippen LogP contribution is -2.33. The van der Waals surface area contributed by atoms with Crippen LogP contribution < -0.4 is 11.2 Å². The van der Waals surface area contributed by atoms with E-state index in [9.17, 15) is 14.7 Å². The van der Waals surface area contributed by atoms with Crippen molar-refractivity contribution in [2.45, 2.75) is 31.8 Å². The first-order valence-corrected chi connectivity index (χ1v) is 6.37. The summed E-state index contributed by atoms with van der Waals surface area (Å²) in [6, 6.07) is 0. The Balaban J connectivity index is 2.12. The third kappa shape index (κ3) is 3.06. The van der Waals surface area contributed by atoms with Crippen molar-refractivity contribution in [3.63, 3.8) is 0 Å². The molecule has 1 fully saturated rings. The molecule has 3 atom stereocenters. The van der Waals surface area contributed by atoms with Crippen LogP contribution in [-0.2, 0) is 9.47 Å². The van der Waals surface area contributed by atoms with Crippen LogP contribution in [0.1, 0.15) is 18.2 Å². The lowest BCUT2D eigenvalue weighted by atomic mass is 10.2. The third-order valence-corrected chi connectivity index (χ3v) is 3.18. The Labute approximate surface area is 115 Å². The summed E-state index contributed by atoms with van der Waals surface area (Å²) in [7, 11) is 0. The van der Waals surface area contributed by atoms with Crippen molar-refractivity contribution in [3.05, 3.63) is 45.3 Å². The Kier molecular flexibility index (Phi) is 4.53. The van der Waals surface area contributed by atoms with Crippen LogP contribution in [0.15, 0.2) is 28.4 Å². The number of aliphatic hydroxyl groups is 1. The molecule has 0 spiro atoms. The number of aromatic nitrogens is 2. The predicted octanol–water partition coefficient (Wildman–Crippen LogP) is -0.304. The topological polar surface area (TPSA) is 93.5 Å². The molecule has 7 nitrogen and oxygen atoms in total. The van der Waals surface area contributed by atoms with Gasteiger partial charge in [0.05, 0.1) is 19.3 Å². The third-order valence-electron chi connectivity index (χ3n) is 3.18. The smallest absolute Gasteiger partial charge is 0.330 e. The Hall–Kier alpha value is -1.70. The van der Waals surface area contributed by atoms with Crippen molar-refractivity contribution in [2.75, 3.05) is 13.2 Å². The standard InChI is InChI=1S/C13H18N2O5/c1-3-4-19-7-10-9(16)5-11(20-10)15-6-8(2)12(17)14-13(15)18/h3,6,9-11,16H,1,4-5,7H2,2H3,(H,14,17,18)/t9-,10+,11+/m0/s1. The van der Waals surface area contributed by atoms with Gasteiger partial charge in [-0.15, -0.1) is 6.58 Å².